The van der Waals surface area contributed by atoms with Crippen molar-refractivity contribution in [3.05, 3.63) is 77.7 Å². The van der Waals surface area contributed by atoms with Crippen LogP contribution in [-0.4, -0.2) is 27.4 Å². The van der Waals surface area contributed by atoms with Crippen molar-refractivity contribution >= 4 is 23.7 Å². The number of benzene rings is 2. The van der Waals surface area contributed by atoms with Crippen molar-refractivity contribution in [2.75, 3.05) is 0 Å². The Kier molecular flexibility index (Phi) is 6.80. The molecule has 0 spiro atoms. The summed E-state index contributed by atoms with van der Waals surface area (Å²) in [6.45, 7) is 2.01. The zero-order chi connectivity index (χ0) is 19.8. The highest BCUT2D eigenvalue weighted by Crippen LogP contribution is 2.22. The monoisotopic (exact) mass is 396 g/mol. The molecule has 0 unspecified atom stereocenters. The first-order valence-corrected chi connectivity index (χ1v) is 9.63. The Labute approximate surface area is 166 Å². The minimum Gasteiger partial charge on any atom is -0.416 e. The van der Waals surface area contributed by atoms with E-state index in [0.717, 1.165) is 22.9 Å². The van der Waals surface area contributed by atoms with Gasteiger partial charge in [0.2, 0.25) is 11.8 Å². The van der Waals surface area contributed by atoms with E-state index in [1.165, 1.54) is 0 Å². The Morgan fingerprint density at radius 2 is 1.64 bits per heavy atom. The van der Waals surface area contributed by atoms with Crippen LogP contribution in [0.3, 0.4) is 0 Å². The molecule has 0 radical (unpaired) electrons. The Morgan fingerprint density at radius 3 is 2.32 bits per heavy atom. The van der Waals surface area contributed by atoms with E-state index in [0.29, 0.717) is 24.1 Å². The largest absolute Gasteiger partial charge is 0.416 e. The summed E-state index contributed by atoms with van der Waals surface area (Å²) in [5, 5.41) is 12.6. The van der Waals surface area contributed by atoms with Crippen LogP contribution in [0.25, 0.3) is 0 Å². The summed E-state index contributed by atoms with van der Waals surface area (Å²) in [6.07, 6.45) is 0.525. The fourth-order valence-corrected chi connectivity index (χ4v) is 3.07. The van der Waals surface area contributed by atoms with Crippen molar-refractivity contribution in [1.29, 1.82) is 0 Å². The zero-order valence-electron chi connectivity index (χ0n) is 15.3. The highest BCUT2D eigenvalue weighted by atomic mass is 32.2. The molecule has 0 saturated heterocycles. The van der Waals surface area contributed by atoms with E-state index in [4.69, 9.17) is 4.42 Å². The molecule has 0 fully saturated rings. The van der Waals surface area contributed by atoms with Crippen molar-refractivity contribution < 1.29 is 14.0 Å². The van der Waals surface area contributed by atoms with E-state index in [2.05, 4.69) is 20.8 Å². The number of carbonyl (C=O) groups excluding carboxylic acids is 2. The number of carbonyl (C=O) groups is 2. The third-order valence-corrected chi connectivity index (χ3v) is 4.76. The maximum absolute atomic E-state index is 12.2. The molecule has 28 heavy (non-hydrogen) atoms. The Morgan fingerprint density at radius 1 is 1.00 bits per heavy atom. The molecule has 3 amide bonds. The second-order valence-electron chi connectivity index (χ2n) is 6.04. The number of hydrogen-bond donors (Lipinski definition) is 2. The van der Waals surface area contributed by atoms with Crippen LogP contribution in [0.5, 0.6) is 0 Å². The fourth-order valence-electron chi connectivity index (χ4n) is 2.37. The third-order valence-electron chi connectivity index (χ3n) is 3.83. The van der Waals surface area contributed by atoms with Gasteiger partial charge < -0.3 is 9.73 Å². The molecule has 1 aromatic heterocycles. The van der Waals surface area contributed by atoms with Crippen LogP contribution in [0.2, 0.25) is 0 Å². The lowest BCUT2D eigenvalue weighted by Gasteiger charge is -2.10. The molecule has 0 aliphatic rings. The predicted octanol–water partition coefficient (Wildman–Crippen LogP) is 3.17. The standard InChI is InChI=1S/C20H20N4O3S/c1-14(18(25)22-19(26)21-13-16-10-6-3-7-11-16)28-20-24-23-17(27-20)12-15-8-4-2-5-9-15/h2-11,14H,12-13H2,1H3,(H2,21,22,25,26)/t14-/m1/s1. The molecule has 1 atom stereocenters. The van der Waals surface area contributed by atoms with E-state index < -0.39 is 17.2 Å². The van der Waals surface area contributed by atoms with Crippen LogP contribution >= 0.6 is 11.8 Å². The molecule has 7 nitrogen and oxygen atoms in total. The first-order chi connectivity index (χ1) is 13.6. The number of urea groups is 1. The summed E-state index contributed by atoms with van der Waals surface area (Å²) in [4.78, 5) is 24.1. The topological polar surface area (TPSA) is 97.1 Å². The summed E-state index contributed by atoms with van der Waals surface area (Å²) >= 11 is 1.11. The molecule has 2 N–H and O–H groups in total. The molecule has 3 rings (SSSR count). The van der Waals surface area contributed by atoms with E-state index in [1.807, 2.05) is 60.7 Å². The number of nitrogens with one attached hydrogen (secondary N) is 2. The summed E-state index contributed by atoms with van der Waals surface area (Å²) in [7, 11) is 0. The summed E-state index contributed by atoms with van der Waals surface area (Å²) in [5.74, 6) is 0.0419. The number of aromatic nitrogens is 2. The normalized spacial score (nSPS) is 11.6. The minimum absolute atomic E-state index is 0.290. The van der Waals surface area contributed by atoms with Crippen molar-refractivity contribution in [1.82, 2.24) is 20.8 Å². The number of hydrogen-bond acceptors (Lipinski definition) is 6. The highest BCUT2D eigenvalue weighted by Gasteiger charge is 2.20. The van der Waals surface area contributed by atoms with Gasteiger partial charge in [-0.1, -0.05) is 72.4 Å². The molecule has 3 aromatic rings. The molecule has 0 saturated carbocycles. The average molecular weight is 396 g/mol. The number of rotatable bonds is 7. The Bertz CT molecular complexity index is 915. The van der Waals surface area contributed by atoms with Crippen LogP contribution in [-0.2, 0) is 17.8 Å². The zero-order valence-corrected chi connectivity index (χ0v) is 16.1. The fraction of sp³-hybridized carbons (Fsp3) is 0.200. The van der Waals surface area contributed by atoms with E-state index in [1.54, 1.807) is 6.92 Å². The molecule has 0 aliphatic carbocycles. The van der Waals surface area contributed by atoms with Crippen LogP contribution in [0.4, 0.5) is 4.79 Å². The maximum Gasteiger partial charge on any atom is 0.321 e. The smallest absolute Gasteiger partial charge is 0.321 e. The highest BCUT2D eigenvalue weighted by molar-refractivity contribution is 8.00. The van der Waals surface area contributed by atoms with E-state index in [-0.39, 0.29) is 0 Å². The van der Waals surface area contributed by atoms with Crippen LogP contribution in [0.1, 0.15) is 23.9 Å². The van der Waals surface area contributed by atoms with Gasteiger partial charge in [-0.3, -0.25) is 10.1 Å². The maximum atomic E-state index is 12.2. The van der Waals surface area contributed by atoms with Gasteiger partial charge in [-0.25, -0.2) is 4.79 Å². The second kappa shape index (κ2) is 9.70. The van der Waals surface area contributed by atoms with Gasteiger partial charge in [-0.2, -0.15) is 0 Å². The molecule has 0 bridgehead atoms. The van der Waals surface area contributed by atoms with Gasteiger partial charge >= 0.3 is 6.03 Å². The molecular formula is C20H20N4O3S. The van der Waals surface area contributed by atoms with Crippen molar-refractivity contribution in [2.24, 2.45) is 0 Å². The van der Waals surface area contributed by atoms with Crippen molar-refractivity contribution in [3.8, 4) is 0 Å². The molecular weight excluding hydrogens is 376 g/mol. The summed E-state index contributed by atoms with van der Waals surface area (Å²) < 4.78 is 5.58. The van der Waals surface area contributed by atoms with Gasteiger partial charge in [0.05, 0.1) is 11.7 Å². The molecule has 1 heterocycles. The number of nitrogens with zero attached hydrogens (tertiary/aromatic N) is 2. The first kappa shape index (κ1) is 19.6. The Balaban J connectivity index is 1.45. The second-order valence-corrected chi connectivity index (χ2v) is 7.33. The van der Waals surface area contributed by atoms with E-state index >= 15 is 0 Å². The van der Waals surface area contributed by atoms with Gasteiger partial charge in [0.25, 0.3) is 5.22 Å². The molecule has 0 aliphatic heterocycles. The molecule has 2 aromatic carbocycles. The summed E-state index contributed by atoms with van der Waals surface area (Å²) in [6, 6.07) is 18.7. The Hall–Kier alpha value is -3.13. The van der Waals surface area contributed by atoms with Gasteiger partial charge in [0.1, 0.15) is 0 Å². The number of amides is 3. The molecule has 144 valence electrons. The SMILES string of the molecule is C[C@@H](Sc1nnc(Cc2ccccc2)o1)C(=O)NC(=O)NCc1ccccc1. The van der Waals surface area contributed by atoms with Crippen LogP contribution in [0.15, 0.2) is 70.3 Å². The van der Waals surface area contributed by atoms with Crippen LogP contribution < -0.4 is 10.6 Å². The summed E-state index contributed by atoms with van der Waals surface area (Å²) in [5.41, 5.74) is 2.01. The first-order valence-electron chi connectivity index (χ1n) is 8.76. The lowest BCUT2D eigenvalue weighted by atomic mass is 10.2. The van der Waals surface area contributed by atoms with Gasteiger partial charge in [0, 0.05) is 6.54 Å². The lowest BCUT2D eigenvalue weighted by Crippen LogP contribution is -2.42. The van der Waals surface area contributed by atoms with E-state index in [9.17, 15) is 9.59 Å². The van der Waals surface area contributed by atoms with Crippen molar-refractivity contribution in [2.45, 2.75) is 30.4 Å². The number of thioether (sulfide) groups is 1. The third kappa shape index (κ3) is 5.95. The minimum atomic E-state index is -0.562. The van der Waals surface area contributed by atoms with Crippen molar-refractivity contribution in [3.63, 3.8) is 0 Å². The van der Waals surface area contributed by atoms with Gasteiger partial charge in [-0.15, -0.1) is 10.2 Å². The number of imide groups is 1. The van der Waals surface area contributed by atoms with Crippen LogP contribution in [0, 0.1) is 0 Å². The predicted molar refractivity (Wildman–Crippen MR) is 106 cm³/mol. The molecule has 8 heteroatoms. The average Bonchev–Trinajstić information content (AvgIpc) is 3.14. The van der Waals surface area contributed by atoms with Gasteiger partial charge in [-0.05, 0) is 18.1 Å². The quantitative estimate of drug-likeness (QED) is 0.596. The van der Waals surface area contributed by atoms with Gasteiger partial charge in [0.15, 0.2) is 0 Å². The lowest BCUT2D eigenvalue weighted by molar-refractivity contribution is -0.119.